The van der Waals surface area contributed by atoms with Crippen LogP contribution in [0.4, 0.5) is 0 Å². The van der Waals surface area contributed by atoms with Crippen molar-refractivity contribution in [2.24, 2.45) is 139 Å². The van der Waals surface area contributed by atoms with Crippen LogP contribution in [-0.4, -0.2) is 109 Å². The van der Waals surface area contributed by atoms with Crippen LogP contribution in [0.25, 0.3) is 0 Å². The van der Waals surface area contributed by atoms with Crippen molar-refractivity contribution >= 4 is 17.7 Å². The minimum atomic E-state index is 0.132. The molecule has 13 rings (SSSR count). The van der Waals surface area contributed by atoms with Gasteiger partial charge in [-0.1, -0.05) is 197 Å². The molecule has 102 heavy (non-hydrogen) atoms. The van der Waals surface area contributed by atoms with Crippen LogP contribution in [0.2, 0.25) is 0 Å². The molecule has 3 amide bonds. The van der Waals surface area contributed by atoms with E-state index in [2.05, 4.69) is 153 Å². The zero-order chi connectivity index (χ0) is 72.3. The summed E-state index contributed by atoms with van der Waals surface area (Å²) in [5, 5.41) is 10.9. The number of allylic oxidation sites excluding steroid dienone is 3. The Morgan fingerprint density at radius 2 is 0.618 bits per heavy atom. The van der Waals surface area contributed by atoms with Crippen LogP contribution < -0.4 is 16.0 Å². The number of amides is 3. The van der Waals surface area contributed by atoms with E-state index in [-0.39, 0.29) is 52.1 Å². The highest BCUT2D eigenvalue weighted by Gasteiger charge is 2.63. The molecule has 0 aromatic rings. The Bertz CT molecular complexity index is 2660. The average Bonchev–Trinajstić information content (AvgIpc) is 1.42. The maximum absolute atomic E-state index is 14.6. The molecule has 0 bridgehead atoms. The first-order valence-electron chi connectivity index (χ1n) is 44.8. The molecule has 9 nitrogen and oxygen atoms in total. The highest BCUT2D eigenvalue weighted by Crippen LogP contribution is 2.71. The van der Waals surface area contributed by atoms with Crippen LogP contribution in [0.15, 0.2) is 34.9 Å². The Hall–Kier alpha value is -2.49. The smallest absolute Gasteiger partial charge is 0.234 e. The van der Waals surface area contributed by atoms with Gasteiger partial charge in [-0.3, -0.25) is 29.1 Å². The van der Waals surface area contributed by atoms with E-state index in [0.29, 0.717) is 35.9 Å². The fourth-order valence-electron chi connectivity index (χ4n) is 29.5. The molecule has 13 aliphatic rings. The second-order valence-corrected chi connectivity index (χ2v) is 42.2. The minimum absolute atomic E-state index is 0.132. The minimum Gasteiger partial charge on any atom is -0.352 e. The van der Waals surface area contributed by atoms with Crippen LogP contribution >= 0.6 is 0 Å². The molecule has 24 atom stereocenters. The number of fused-ring (bicyclic) bond motifs is 15. The molecule has 9 saturated carbocycles. The van der Waals surface area contributed by atoms with Crippen molar-refractivity contribution in [3.05, 3.63) is 34.9 Å². The number of carbonyl (C=O) groups is 3. The summed E-state index contributed by atoms with van der Waals surface area (Å²) in [6, 6.07) is 0.508. The second-order valence-electron chi connectivity index (χ2n) is 42.2. The summed E-state index contributed by atoms with van der Waals surface area (Å²) in [6.45, 7) is 43.6. The van der Waals surface area contributed by atoms with Crippen molar-refractivity contribution in [1.82, 2.24) is 30.7 Å². The molecule has 9 heteroatoms. The summed E-state index contributed by atoms with van der Waals surface area (Å²) in [7, 11) is 0. The van der Waals surface area contributed by atoms with E-state index in [1.165, 1.54) is 173 Å². The van der Waals surface area contributed by atoms with Gasteiger partial charge in [0.05, 0.1) is 19.6 Å². The Kier molecular flexibility index (Phi) is 24.2. The Labute approximate surface area is 626 Å². The lowest BCUT2D eigenvalue weighted by Crippen LogP contribution is -2.53. The highest BCUT2D eigenvalue weighted by atomic mass is 16.2. The molecule has 3 N–H and O–H groups in total. The molecule has 0 unspecified atom stereocenters. The summed E-state index contributed by atoms with van der Waals surface area (Å²) >= 11 is 0. The van der Waals surface area contributed by atoms with Gasteiger partial charge in [-0.15, -0.1) is 0 Å². The number of hydrogen-bond acceptors (Lipinski definition) is 6. The topological polar surface area (TPSA) is 97.0 Å². The van der Waals surface area contributed by atoms with Gasteiger partial charge < -0.3 is 16.0 Å². The van der Waals surface area contributed by atoms with E-state index in [1.807, 2.05) is 0 Å². The molecule has 1 saturated heterocycles. The van der Waals surface area contributed by atoms with Gasteiger partial charge >= 0.3 is 0 Å². The SMILES string of the molecule is CC(C)CCC[C@@H](C)[C@H]1CC[C@H]2[C@@H]3CC=C4C[C@@H](NC(=O)CN5CCN(CC(=O)N[C@H]6CC[C@@]7(C)C(=CC[C@H]8[C@@H]9CC[C@H]([C@H](C)CCCC(C)C)[C@@]9(C)CC[C@@H]87)C6)CCN(CC(=O)N[C@H]6CC[C@@]7(C)C(=CC[C@H]8[C@@H]9CC[C@H]([C@H](C)CCCC(C)C)[C@@]9(C)CC[C@@H]87)C6)CC5)CC[C@]4(C)[C@H]3CC[C@]12C. The van der Waals surface area contributed by atoms with Crippen molar-refractivity contribution in [3.63, 3.8) is 0 Å². The fraction of sp³-hybridized carbons (Fsp3) is 0.903. The third kappa shape index (κ3) is 15.7. The quantitative estimate of drug-likeness (QED) is 0.0833. The van der Waals surface area contributed by atoms with Gasteiger partial charge in [0.25, 0.3) is 0 Å². The second kappa shape index (κ2) is 31.8. The van der Waals surface area contributed by atoms with Crippen molar-refractivity contribution in [2.75, 3.05) is 58.9 Å². The van der Waals surface area contributed by atoms with E-state index in [4.69, 9.17) is 0 Å². The number of nitrogens with zero attached hydrogens (tertiary/aromatic N) is 3. The first-order chi connectivity index (χ1) is 48.6. The third-order valence-electron chi connectivity index (χ3n) is 35.3. The van der Waals surface area contributed by atoms with Crippen LogP contribution in [0.3, 0.4) is 0 Å². The largest absolute Gasteiger partial charge is 0.352 e. The van der Waals surface area contributed by atoms with Crippen LogP contribution in [0, 0.1) is 139 Å². The molecule has 576 valence electrons. The first kappa shape index (κ1) is 77.7. The molecule has 10 fully saturated rings. The van der Waals surface area contributed by atoms with Crippen molar-refractivity contribution in [2.45, 2.75) is 334 Å². The number of nitrogens with one attached hydrogen (secondary N) is 3. The Morgan fingerprint density at radius 1 is 0.353 bits per heavy atom. The molecular weight excluding hydrogens is 1250 g/mol. The first-order valence-corrected chi connectivity index (χ1v) is 44.8. The normalized spacial score (nSPS) is 42.4. The maximum atomic E-state index is 14.6. The van der Waals surface area contributed by atoms with Crippen molar-refractivity contribution in [3.8, 4) is 0 Å². The molecule has 1 heterocycles. The predicted octanol–water partition coefficient (Wildman–Crippen LogP) is 20.5. The van der Waals surface area contributed by atoms with Gasteiger partial charge in [0.2, 0.25) is 17.7 Å². The monoisotopic (exact) mass is 1410 g/mol. The third-order valence-corrected chi connectivity index (χ3v) is 35.3. The molecule has 0 spiro atoms. The Morgan fingerprint density at radius 3 is 0.873 bits per heavy atom. The van der Waals surface area contributed by atoms with Gasteiger partial charge in [0.1, 0.15) is 0 Å². The summed E-state index contributed by atoms with van der Waals surface area (Å²) in [5.74, 6) is 15.2. The predicted molar refractivity (Wildman–Crippen MR) is 424 cm³/mol. The van der Waals surface area contributed by atoms with Crippen LogP contribution in [-0.2, 0) is 14.4 Å². The lowest BCUT2D eigenvalue weighted by molar-refractivity contribution is -0.124. The van der Waals surface area contributed by atoms with Gasteiger partial charge in [-0.25, -0.2) is 0 Å². The lowest BCUT2D eigenvalue weighted by atomic mass is 9.47. The summed E-state index contributed by atoms with van der Waals surface area (Å²) in [4.78, 5) is 50.9. The fourth-order valence-corrected chi connectivity index (χ4v) is 29.5. The van der Waals surface area contributed by atoms with Crippen molar-refractivity contribution < 1.29 is 14.4 Å². The van der Waals surface area contributed by atoms with Gasteiger partial charge in [-0.2, -0.15) is 0 Å². The van der Waals surface area contributed by atoms with Gasteiger partial charge in [0, 0.05) is 57.4 Å². The maximum Gasteiger partial charge on any atom is 0.234 e. The molecule has 0 aromatic carbocycles. The highest BCUT2D eigenvalue weighted by molar-refractivity contribution is 5.79. The van der Waals surface area contributed by atoms with E-state index >= 15 is 0 Å². The molecular formula is C93H156N6O3. The molecule has 12 aliphatic carbocycles. The average molecular weight is 1410 g/mol. The zero-order valence-electron chi connectivity index (χ0n) is 68.6. The summed E-state index contributed by atoms with van der Waals surface area (Å²) < 4.78 is 0. The number of rotatable bonds is 24. The van der Waals surface area contributed by atoms with Gasteiger partial charge in [-0.05, 0) is 293 Å². The lowest BCUT2D eigenvalue weighted by Gasteiger charge is -2.58. The van der Waals surface area contributed by atoms with Crippen molar-refractivity contribution in [1.29, 1.82) is 0 Å². The molecule has 0 radical (unpaired) electrons. The standard InChI is InChI=1S/C93H156N6O3/c1-61(2)19-16-22-64(7)76-31-34-79-73-28-25-67-55-70(37-43-88(67,10)82(73)40-46-91(76,79)13)94-85(100)58-97-49-51-98(59-86(101)95-71-38-44-89(11)68(56-71)26-29-74-80-35-32-77(65(8)23-17-20-62(3)4)92(80,14)47-41-83(74)89)53-54-99(52-50-97)60-87(102)96-72-39-45-90(12)69(57-72)27-30-75-81-36-33-78(66(9)24-18-21-63(5)6)93(81,15)48-42-84(75)90/h25-27,61-66,70-84H,16-24,28-60H2,1-15H3,(H,94,100)(H,95,101)(H,96,102)/t64-,65-,66-,70+,71+,72+,73+,74+,75+,76-,77-,78-,79+,80+,81+,82+,83+,84+,88+,89+,90+,91-,92-,93-/m1/s1. The zero-order valence-corrected chi connectivity index (χ0v) is 68.6. The molecule has 0 aromatic heterocycles. The van der Waals surface area contributed by atoms with E-state index < -0.39 is 0 Å². The van der Waals surface area contributed by atoms with Gasteiger partial charge in [0.15, 0.2) is 0 Å². The molecule has 1 aliphatic heterocycles. The summed E-state index contributed by atoms with van der Waals surface area (Å²) in [5.41, 5.74) is 7.12. The van der Waals surface area contributed by atoms with E-state index in [0.717, 1.165) is 184 Å². The van der Waals surface area contributed by atoms with Crippen LogP contribution in [0.5, 0.6) is 0 Å². The number of hydrogen-bond donors (Lipinski definition) is 3. The van der Waals surface area contributed by atoms with Crippen LogP contribution in [0.1, 0.15) is 316 Å². The summed E-state index contributed by atoms with van der Waals surface area (Å²) in [6.07, 6.45) is 50.8. The number of carbonyl (C=O) groups excluding carboxylic acids is 3. The van der Waals surface area contributed by atoms with E-state index in [1.54, 1.807) is 16.7 Å². The van der Waals surface area contributed by atoms with E-state index in [9.17, 15) is 14.4 Å². The Balaban J connectivity index is 0.634.